The standard InChI is InChI=1S/2Li.H2O10/c;;1-3-5-7-9-10-8-6-4-2/h;;1-2H/q2*+1;/p-2. The van der Waals surface area contributed by atoms with Crippen LogP contribution in [0.2, 0.25) is 0 Å². The minimum Gasteiger partial charge on any atom is -0.689 e. The van der Waals surface area contributed by atoms with Crippen molar-refractivity contribution in [1.82, 2.24) is 0 Å². The van der Waals surface area contributed by atoms with E-state index in [0.29, 0.717) is 0 Å². The third-order valence-corrected chi connectivity index (χ3v) is 0.194. The maximum Gasteiger partial charge on any atom is 1.00 e. The molecule has 0 aromatic rings. The molecule has 0 N–H and O–H groups in total. The van der Waals surface area contributed by atoms with E-state index in [1.54, 1.807) is 0 Å². The van der Waals surface area contributed by atoms with Crippen molar-refractivity contribution < 1.29 is 88.5 Å². The van der Waals surface area contributed by atoms with Gasteiger partial charge >= 0.3 is 37.7 Å². The summed E-state index contributed by atoms with van der Waals surface area (Å²) in [6.45, 7) is 0. The van der Waals surface area contributed by atoms with E-state index in [9.17, 15) is 0 Å². The molecule has 0 rings (SSSR count). The van der Waals surface area contributed by atoms with Crippen LogP contribution in [0.4, 0.5) is 0 Å². The molecule has 0 radical (unpaired) electrons. The Hall–Kier alpha value is 0.795. The summed E-state index contributed by atoms with van der Waals surface area (Å²) in [5.41, 5.74) is 0. The zero-order valence-corrected chi connectivity index (χ0v) is 6.08. The molecule has 10 nitrogen and oxygen atoms in total. The molecule has 12 heteroatoms. The van der Waals surface area contributed by atoms with Gasteiger partial charge < -0.3 is 10.5 Å². The van der Waals surface area contributed by atoms with Crippen LogP contribution in [0.25, 0.3) is 0 Å². The second kappa shape index (κ2) is 17.8. The molecule has 0 aromatic carbocycles. The number of hydrogen-bond donors (Lipinski definition) is 0. The third-order valence-electron chi connectivity index (χ3n) is 0.194. The summed E-state index contributed by atoms with van der Waals surface area (Å²) < 4.78 is 0. The van der Waals surface area contributed by atoms with Crippen LogP contribution >= 0.6 is 0 Å². The molecule has 0 heterocycles. The molecule has 0 unspecified atom stereocenters. The van der Waals surface area contributed by atoms with Gasteiger partial charge in [-0.1, -0.05) is 0 Å². The van der Waals surface area contributed by atoms with E-state index < -0.39 is 0 Å². The Morgan fingerprint density at radius 3 is 1.00 bits per heavy atom. The first kappa shape index (κ1) is 18.6. The van der Waals surface area contributed by atoms with Gasteiger partial charge in [-0.05, 0) is 30.2 Å². The molecule has 0 aliphatic rings. The third kappa shape index (κ3) is 17.0. The van der Waals surface area contributed by atoms with Crippen LogP contribution in [-0.2, 0) is 40.3 Å². The first-order valence-electron chi connectivity index (χ1n) is 1.50. The molecular weight excluding hydrogens is 174 g/mol. The fraction of sp³-hybridized carbons (Fsp3) is 0. The van der Waals surface area contributed by atoms with Crippen LogP contribution in [-0.4, -0.2) is 0 Å². The number of rotatable bonds is 7. The van der Waals surface area contributed by atoms with Gasteiger partial charge in [0.2, 0.25) is 0 Å². The second-order valence-corrected chi connectivity index (χ2v) is 0.544. The summed E-state index contributed by atoms with van der Waals surface area (Å²) in [6, 6.07) is 0. The van der Waals surface area contributed by atoms with E-state index in [1.807, 2.05) is 0 Å². The van der Waals surface area contributed by atoms with E-state index in [1.165, 1.54) is 0 Å². The predicted molar refractivity (Wildman–Crippen MR) is 8.68 cm³/mol. The van der Waals surface area contributed by atoms with Gasteiger partial charge in [0.05, 0.1) is 0 Å². The van der Waals surface area contributed by atoms with Crippen molar-refractivity contribution in [3.63, 3.8) is 0 Å². The maximum absolute atomic E-state index is 8.89. The quantitative estimate of drug-likeness (QED) is 0.159. The summed E-state index contributed by atoms with van der Waals surface area (Å²) in [5.74, 6) is 0. The van der Waals surface area contributed by atoms with Crippen LogP contribution in [0.1, 0.15) is 0 Å². The van der Waals surface area contributed by atoms with Gasteiger partial charge in [0.15, 0.2) is 0 Å². The normalized spacial score (nSPS) is 8.50. The summed E-state index contributed by atoms with van der Waals surface area (Å²) in [5, 5.41) is 42.0. The molecule has 12 heavy (non-hydrogen) atoms. The van der Waals surface area contributed by atoms with Crippen molar-refractivity contribution in [2.45, 2.75) is 0 Å². The minimum atomic E-state index is 0. The molecule has 0 fully saturated rings. The smallest absolute Gasteiger partial charge is 0.689 e. The Morgan fingerprint density at radius 1 is 0.500 bits per heavy atom. The Bertz CT molecular complexity index is 47.8. The molecule has 0 saturated heterocycles. The summed E-state index contributed by atoms with van der Waals surface area (Å²) >= 11 is 0. The SMILES string of the molecule is [Li+].[Li+].[O-]OOOOOOOO[O-]. The van der Waals surface area contributed by atoms with Crippen LogP contribution in [0.3, 0.4) is 0 Å². The first-order valence-corrected chi connectivity index (χ1v) is 1.50. The van der Waals surface area contributed by atoms with E-state index >= 15 is 0 Å². The number of hydrogen-bond acceptors (Lipinski definition) is 10. The predicted octanol–water partition coefficient (Wildman–Crippen LogP) is -8.92. The van der Waals surface area contributed by atoms with E-state index in [0.717, 1.165) is 0 Å². The van der Waals surface area contributed by atoms with Gasteiger partial charge in [0, 0.05) is 0 Å². The van der Waals surface area contributed by atoms with Crippen LogP contribution < -0.4 is 48.2 Å². The van der Waals surface area contributed by atoms with Crippen molar-refractivity contribution in [3.05, 3.63) is 0 Å². The largest absolute Gasteiger partial charge is 1.00 e. The Morgan fingerprint density at radius 2 is 0.750 bits per heavy atom. The average molecular weight is 174 g/mol. The Labute approximate surface area is 88.8 Å². The molecule has 0 amide bonds. The van der Waals surface area contributed by atoms with Gasteiger partial charge in [0.25, 0.3) is 0 Å². The fourth-order valence-electron chi connectivity index (χ4n) is 0.0680. The molecular formula is Li2O10. The van der Waals surface area contributed by atoms with E-state index in [4.69, 9.17) is 10.5 Å². The zero-order chi connectivity index (χ0) is 7.66. The molecule has 0 spiro atoms. The van der Waals surface area contributed by atoms with Crippen molar-refractivity contribution in [1.29, 1.82) is 0 Å². The Kier molecular flexibility index (Phi) is 27.5. The van der Waals surface area contributed by atoms with Crippen molar-refractivity contribution in [2.24, 2.45) is 0 Å². The minimum absolute atomic E-state index is 0. The van der Waals surface area contributed by atoms with E-state index in [2.05, 4.69) is 40.3 Å². The second-order valence-electron chi connectivity index (χ2n) is 0.544. The van der Waals surface area contributed by atoms with Crippen molar-refractivity contribution in [2.75, 3.05) is 0 Å². The summed E-state index contributed by atoms with van der Waals surface area (Å²) in [4.78, 5) is 0. The molecule has 0 aliphatic heterocycles. The van der Waals surface area contributed by atoms with Gasteiger partial charge in [-0.15, -0.1) is 0 Å². The fourth-order valence-corrected chi connectivity index (χ4v) is 0.0680. The topological polar surface area (TPSA) is 120 Å². The van der Waals surface area contributed by atoms with Gasteiger partial charge in [0.1, 0.15) is 0 Å². The van der Waals surface area contributed by atoms with Crippen molar-refractivity contribution >= 4 is 0 Å². The van der Waals surface area contributed by atoms with Gasteiger partial charge in [-0.25, -0.2) is 0 Å². The van der Waals surface area contributed by atoms with Crippen LogP contribution in [0.5, 0.6) is 0 Å². The first-order chi connectivity index (χ1) is 4.91. The maximum atomic E-state index is 8.89. The molecule has 0 atom stereocenters. The average Bonchev–Trinajstić information content (AvgIpc) is 1.97. The molecule has 62 valence electrons. The monoisotopic (exact) mass is 174 g/mol. The Balaban J connectivity index is -0.000000405. The van der Waals surface area contributed by atoms with Crippen molar-refractivity contribution in [3.8, 4) is 0 Å². The molecule has 0 bridgehead atoms. The molecule has 0 saturated carbocycles. The molecule has 0 aromatic heterocycles. The van der Waals surface area contributed by atoms with Crippen LogP contribution in [0.15, 0.2) is 0 Å². The van der Waals surface area contributed by atoms with Crippen LogP contribution in [0, 0.1) is 0 Å². The zero-order valence-electron chi connectivity index (χ0n) is 6.08. The van der Waals surface area contributed by atoms with Gasteiger partial charge in [-0.3, -0.25) is 10.1 Å². The summed E-state index contributed by atoms with van der Waals surface area (Å²) in [6.07, 6.45) is 0. The van der Waals surface area contributed by atoms with E-state index in [-0.39, 0.29) is 37.7 Å². The summed E-state index contributed by atoms with van der Waals surface area (Å²) in [7, 11) is 0. The van der Waals surface area contributed by atoms with Gasteiger partial charge in [-0.2, -0.15) is 0 Å². The molecule has 0 aliphatic carbocycles.